The van der Waals surface area contributed by atoms with Gasteiger partial charge in [0.15, 0.2) is 11.5 Å². The molecule has 0 radical (unpaired) electrons. The van der Waals surface area contributed by atoms with Crippen LogP contribution in [-0.2, 0) is 9.47 Å². The van der Waals surface area contributed by atoms with Crippen molar-refractivity contribution in [2.75, 3.05) is 26.6 Å². The van der Waals surface area contributed by atoms with Crippen molar-refractivity contribution in [1.29, 1.82) is 0 Å². The number of hydrogen-bond acceptors (Lipinski definition) is 11. The molecule has 5 rings (SSSR count). The lowest BCUT2D eigenvalue weighted by molar-refractivity contribution is -0.306. The number of aliphatic hydroxyl groups excluding tert-OH is 2. The molecule has 1 fully saturated rings. The van der Waals surface area contributed by atoms with Gasteiger partial charge >= 0.3 is 5.63 Å². The third kappa shape index (κ3) is 6.83. The Kier molecular flexibility index (Phi) is 10.0. The standard InChI is InChI=1S/C36H41NO11/c1-18(2)45-27-17-22-16-25(37-33(40)21-12-13-26(43-7)24(15-21)20-10-9-11-23(14-20)42-6)34(41)46-30(22)19(3)31(27)47-35-29(39)28(38)32(44-8)36(4,5)48-35/h9-18,28-29,32,35,38-39H,1-8H3,(H,37,40)/t28?,29?,32?,35-/m1/s1. The highest BCUT2D eigenvalue weighted by molar-refractivity contribution is 6.06. The smallest absolute Gasteiger partial charge is 0.360 e. The van der Waals surface area contributed by atoms with E-state index in [1.165, 1.54) is 13.2 Å². The highest BCUT2D eigenvalue weighted by atomic mass is 16.7. The summed E-state index contributed by atoms with van der Waals surface area (Å²) in [4.78, 5) is 26.7. The van der Waals surface area contributed by atoms with Gasteiger partial charge in [0.25, 0.3) is 5.91 Å². The number of carbonyl (C=O) groups is 1. The second-order valence-corrected chi connectivity index (χ2v) is 12.3. The number of ether oxygens (including phenoxy) is 6. The lowest BCUT2D eigenvalue weighted by atomic mass is 9.89. The second kappa shape index (κ2) is 13.9. The van der Waals surface area contributed by atoms with Crippen molar-refractivity contribution in [2.45, 2.75) is 70.9 Å². The van der Waals surface area contributed by atoms with Gasteiger partial charge < -0.3 is 48.4 Å². The number of aryl methyl sites for hydroxylation is 1. The molecule has 48 heavy (non-hydrogen) atoms. The van der Waals surface area contributed by atoms with E-state index in [4.69, 9.17) is 32.8 Å². The Morgan fingerprint density at radius 1 is 0.958 bits per heavy atom. The number of methoxy groups -OCH3 is 3. The van der Waals surface area contributed by atoms with Crippen LogP contribution in [0.4, 0.5) is 5.69 Å². The van der Waals surface area contributed by atoms with E-state index in [1.807, 2.05) is 38.1 Å². The Hall–Kier alpha value is -4.62. The van der Waals surface area contributed by atoms with Crippen LogP contribution in [0.3, 0.4) is 0 Å². The maximum atomic E-state index is 13.4. The van der Waals surface area contributed by atoms with Crippen LogP contribution >= 0.6 is 0 Å². The molecule has 3 aromatic carbocycles. The van der Waals surface area contributed by atoms with Gasteiger partial charge in [-0.15, -0.1) is 0 Å². The van der Waals surface area contributed by atoms with Crippen molar-refractivity contribution in [2.24, 2.45) is 0 Å². The largest absolute Gasteiger partial charge is 0.497 e. The monoisotopic (exact) mass is 663 g/mol. The Labute approximate surface area is 278 Å². The van der Waals surface area contributed by atoms with Crippen LogP contribution in [0.5, 0.6) is 23.0 Å². The third-order valence-corrected chi connectivity index (χ3v) is 8.15. The summed E-state index contributed by atoms with van der Waals surface area (Å²) < 4.78 is 40.2. The number of hydrogen-bond donors (Lipinski definition) is 3. The molecule has 12 heteroatoms. The van der Waals surface area contributed by atoms with Crippen LogP contribution < -0.4 is 29.9 Å². The Balaban J connectivity index is 1.49. The molecule has 0 aliphatic carbocycles. The van der Waals surface area contributed by atoms with Gasteiger partial charge in [-0.3, -0.25) is 4.79 Å². The maximum Gasteiger partial charge on any atom is 0.360 e. The molecular weight excluding hydrogens is 622 g/mol. The SMILES string of the molecule is COc1cccc(-c2cc(C(=O)Nc3cc4cc(OC(C)C)c(O[C@@H]5OC(C)(C)C(OC)C(O)C5O)c(C)c4oc3=O)ccc2OC)c1. The summed E-state index contributed by atoms with van der Waals surface area (Å²) in [5.74, 6) is 1.09. The van der Waals surface area contributed by atoms with Gasteiger partial charge in [0.05, 0.1) is 25.9 Å². The van der Waals surface area contributed by atoms with Crippen molar-refractivity contribution >= 4 is 22.6 Å². The number of amides is 1. The summed E-state index contributed by atoms with van der Waals surface area (Å²) in [5.41, 5.74) is 0.383. The molecule has 1 aromatic heterocycles. The minimum absolute atomic E-state index is 0.0867. The van der Waals surface area contributed by atoms with Crippen LogP contribution in [-0.4, -0.2) is 73.8 Å². The molecule has 1 amide bonds. The average molecular weight is 664 g/mol. The molecule has 0 saturated carbocycles. The average Bonchev–Trinajstić information content (AvgIpc) is 3.05. The molecule has 1 aliphatic heterocycles. The molecule has 4 atom stereocenters. The Morgan fingerprint density at radius 3 is 2.38 bits per heavy atom. The van der Waals surface area contributed by atoms with E-state index in [0.29, 0.717) is 28.0 Å². The third-order valence-electron chi connectivity index (χ3n) is 8.15. The molecule has 256 valence electrons. The van der Waals surface area contributed by atoms with Crippen LogP contribution in [0, 0.1) is 6.92 Å². The molecule has 1 saturated heterocycles. The predicted molar refractivity (Wildman–Crippen MR) is 178 cm³/mol. The summed E-state index contributed by atoms with van der Waals surface area (Å²) in [7, 11) is 4.53. The fraction of sp³-hybridized carbons (Fsp3) is 0.389. The Morgan fingerprint density at radius 2 is 1.71 bits per heavy atom. The zero-order chi connectivity index (χ0) is 34.9. The highest BCUT2D eigenvalue weighted by Crippen LogP contribution is 2.41. The van der Waals surface area contributed by atoms with E-state index >= 15 is 0 Å². The van der Waals surface area contributed by atoms with E-state index in [2.05, 4.69) is 5.32 Å². The lowest BCUT2D eigenvalue weighted by Crippen LogP contribution is -2.63. The van der Waals surface area contributed by atoms with Gasteiger partial charge in [-0.05, 0) is 82.6 Å². The summed E-state index contributed by atoms with van der Waals surface area (Å²) in [6, 6.07) is 15.4. The van der Waals surface area contributed by atoms with E-state index in [9.17, 15) is 19.8 Å². The second-order valence-electron chi connectivity index (χ2n) is 12.3. The van der Waals surface area contributed by atoms with Crippen molar-refractivity contribution < 1.29 is 47.8 Å². The van der Waals surface area contributed by atoms with Gasteiger partial charge in [0, 0.05) is 29.2 Å². The first-order valence-corrected chi connectivity index (χ1v) is 15.4. The molecule has 12 nitrogen and oxygen atoms in total. The molecule has 0 bridgehead atoms. The minimum atomic E-state index is -1.46. The summed E-state index contributed by atoms with van der Waals surface area (Å²) in [5, 5.41) is 24.7. The van der Waals surface area contributed by atoms with Gasteiger partial charge in [-0.2, -0.15) is 0 Å². The highest BCUT2D eigenvalue weighted by Gasteiger charge is 2.50. The molecule has 3 N–H and O–H groups in total. The first-order valence-electron chi connectivity index (χ1n) is 15.4. The number of anilines is 1. The van der Waals surface area contributed by atoms with Crippen molar-refractivity contribution in [1.82, 2.24) is 0 Å². The van der Waals surface area contributed by atoms with E-state index in [-0.39, 0.29) is 34.4 Å². The first kappa shape index (κ1) is 34.7. The quantitative estimate of drug-likeness (QED) is 0.195. The van der Waals surface area contributed by atoms with Crippen LogP contribution in [0.1, 0.15) is 43.6 Å². The number of aliphatic hydroxyl groups is 2. The topological polar surface area (TPSA) is 155 Å². The van der Waals surface area contributed by atoms with Crippen molar-refractivity contribution in [3.05, 3.63) is 76.1 Å². The lowest BCUT2D eigenvalue weighted by Gasteiger charge is -2.46. The normalized spacial score (nSPS) is 20.4. The molecule has 2 heterocycles. The van der Waals surface area contributed by atoms with Crippen molar-refractivity contribution in [3.63, 3.8) is 0 Å². The fourth-order valence-electron chi connectivity index (χ4n) is 5.84. The predicted octanol–water partition coefficient (Wildman–Crippen LogP) is 5.08. The number of rotatable bonds is 10. The fourth-order valence-corrected chi connectivity index (χ4v) is 5.84. The molecule has 3 unspecified atom stereocenters. The van der Waals surface area contributed by atoms with Crippen LogP contribution in [0.15, 0.2) is 63.8 Å². The van der Waals surface area contributed by atoms with Gasteiger partial charge in [-0.25, -0.2) is 4.79 Å². The minimum Gasteiger partial charge on any atom is -0.497 e. The number of fused-ring (bicyclic) bond motifs is 1. The molecule has 4 aromatic rings. The van der Waals surface area contributed by atoms with Crippen molar-refractivity contribution in [3.8, 4) is 34.1 Å². The van der Waals surface area contributed by atoms with Crippen LogP contribution in [0.2, 0.25) is 0 Å². The van der Waals surface area contributed by atoms with E-state index < -0.39 is 41.7 Å². The molecular formula is C36H41NO11. The zero-order valence-electron chi connectivity index (χ0n) is 28.2. The van der Waals surface area contributed by atoms with Gasteiger partial charge in [0.2, 0.25) is 6.29 Å². The first-order chi connectivity index (χ1) is 22.8. The summed E-state index contributed by atoms with van der Waals surface area (Å²) in [6.07, 6.45) is -5.17. The van der Waals surface area contributed by atoms with Gasteiger partial charge in [0.1, 0.15) is 41.1 Å². The maximum absolute atomic E-state index is 13.4. The molecule has 1 aliphatic rings. The number of carbonyl (C=O) groups excluding carboxylic acids is 1. The van der Waals surface area contributed by atoms with Gasteiger partial charge in [-0.1, -0.05) is 12.1 Å². The van der Waals surface area contributed by atoms with Crippen LogP contribution in [0.25, 0.3) is 22.1 Å². The Bertz CT molecular complexity index is 1870. The number of benzene rings is 3. The van der Waals surface area contributed by atoms with E-state index in [1.54, 1.807) is 59.3 Å². The summed E-state index contributed by atoms with van der Waals surface area (Å²) >= 11 is 0. The molecule has 0 spiro atoms. The zero-order valence-corrected chi connectivity index (χ0v) is 28.2. The summed E-state index contributed by atoms with van der Waals surface area (Å²) in [6.45, 7) is 8.75. The number of nitrogens with one attached hydrogen (secondary N) is 1. The van der Waals surface area contributed by atoms with E-state index in [0.717, 1.165) is 5.56 Å².